The Bertz CT molecular complexity index is 3770. The Kier molecular flexibility index (Phi) is 8.45. The zero-order valence-electron chi connectivity index (χ0n) is 44.8. The molecule has 0 radical (unpaired) electrons. The van der Waals surface area contributed by atoms with Crippen molar-refractivity contribution in [2.75, 3.05) is 0 Å². The fraction of sp³-hybridized carbons (Fsp3) is 0.241. The summed E-state index contributed by atoms with van der Waals surface area (Å²) in [5.74, 6) is 0.389. The van der Waals surface area contributed by atoms with Gasteiger partial charge in [-0.25, -0.2) is 4.98 Å². The first-order valence-electron chi connectivity index (χ1n) is 25.6. The van der Waals surface area contributed by atoms with Crippen molar-refractivity contribution in [1.82, 2.24) is 9.55 Å². The number of aromatic nitrogens is 2. The maximum absolute atomic E-state index is 9.57. The van der Waals surface area contributed by atoms with E-state index >= 15 is 0 Å². The van der Waals surface area contributed by atoms with E-state index in [1.54, 1.807) is 36.4 Å². The number of furan rings is 2. The lowest BCUT2D eigenvalue weighted by atomic mass is 9.87. The summed E-state index contributed by atoms with van der Waals surface area (Å²) in [6, 6.07) is 40.3. The van der Waals surface area contributed by atoms with Crippen molar-refractivity contribution in [2.24, 2.45) is 0 Å². The summed E-state index contributed by atoms with van der Waals surface area (Å²) in [4.78, 5) is 5.28. The first-order chi connectivity index (χ1) is 33.3. The molecule has 10 rings (SSSR count). The van der Waals surface area contributed by atoms with E-state index in [0.29, 0.717) is 61.1 Å². The van der Waals surface area contributed by atoms with Gasteiger partial charge in [0.2, 0.25) is 0 Å². The quantitative estimate of drug-likeness (QED) is 0.143. The van der Waals surface area contributed by atoms with Crippen molar-refractivity contribution < 1.29 is 17.1 Å². The summed E-state index contributed by atoms with van der Waals surface area (Å²) < 4.78 is 67.8. The number of nitrogens with zero attached hydrogens (tertiary/aromatic N) is 3. The Hall–Kier alpha value is -6.47. The van der Waals surface area contributed by atoms with Gasteiger partial charge in [-0.1, -0.05) is 138 Å². The summed E-state index contributed by atoms with van der Waals surface area (Å²) in [5, 5.41) is 15.0. The predicted octanol–water partition coefficient (Wildman–Crippen LogP) is 15.7. The minimum absolute atomic E-state index is 0.0186. The van der Waals surface area contributed by atoms with E-state index in [4.69, 9.17) is 22.0 Å². The molecule has 0 unspecified atom stereocenters. The van der Waals surface area contributed by atoms with Crippen molar-refractivity contribution >= 4 is 81.4 Å². The third-order valence-electron chi connectivity index (χ3n) is 13.1. The minimum Gasteiger partial charge on any atom is -0.456 e. The van der Waals surface area contributed by atoms with Gasteiger partial charge in [0, 0.05) is 29.8 Å². The molecule has 65 heavy (non-hydrogen) atoms. The summed E-state index contributed by atoms with van der Waals surface area (Å²) in [6.07, 6.45) is 0. The normalized spacial score (nSPS) is 14.3. The van der Waals surface area contributed by atoms with Crippen molar-refractivity contribution in [2.45, 2.75) is 92.5 Å². The molecular formula is C58H57N3O2Si2. The van der Waals surface area contributed by atoms with Crippen LogP contribution in [-0.2, 0) is 0 Å². The maximum Gasteiger partial charge on any atom is 0.149 e. The molecule has 0 aliphatic heterocycles. The zero-order chi connectivity index (χ0) is 50.9. The van der Waals surface area contributed by atoms with Crippen LogP contribution in [0.5, 0.6) is 0 Å². The van der Waals surface area contributed by atoms with Gasteiger partial charge in [-0.3, -0.25) is 4.57 Å². The molecule has 0 saturated carbocycles. The first-order valence-corrected chi connectivity index (χ1v) is 29.6. The number of imidazole rings is 1. The van der Waals surface area contributed by atoms with Crippen molar-refractivity contribution in [1.29, 1.82) is 5.26 Å². The van der Waals surface area contributed by atoms with E-state index in [1.165, 1.54) is 21.5 Å². The Morgan fingerprint density at radius 3 is 1.80 bits per heavy atom. The largest absolute Gasteiger partial charge is 0.456 e. The van der Waals surface area contributed by atoms with Gasteiger partial charge in [0.25, 0.3) is 0 Å². The van der Waals surface area contributed by atoms with Gasteiger partial charge in [0.15, 0.2) is 0 Å². The monoisotopic (exact) mass is 889 g/mol. The Morgan fingerprint density at radius 2 is 1.20 bits per heavy atom. The molecule has 0 aliphatic rings. The number of aryl methyl sites for hydroxylation is 2. The van der Waals surface area contributed by atoms with Crippen molar-refractivity contribution in [3.8, 4) is 45.4 Å². The molecule has 7 aromatic carbocycles. The predicted molar refractivity (Wildman–Crippen MR) is 280 cm³/mol. The topological polar surface area (TPSA) is 67.9 Å². The van der Waals surface area contributed by atoms with Gasteiger partial charge in [0.05, 0.1) is 50.1 Å². The molecule has 0 atom stereocenters. The highest BCUT2D eigenvalue weighted by atomic mass is 28.3. The second kappa shape index (κ2) is 15.3. The number of benzene rings is 7. The lowest BCUT2D eigenvalue weighted by molar-refractivity contribution is 0.664. The third kappa shape index (κ3) is 7.15. The molecule has 0 saturated heterocycles. The molecule has 0 amide bonds. The highest BCUT2D eigenvalue weighted by molar-refractivity contribution is 6.91. The number of para-hydroxylation sites is 1. The molecule has 5 nitrogen and oxygen atoms in total. The molecule has 324 valence electrons. The first kappa shape index (κ1) is 35.8. The average molecular weight is 890 g/mol. The molecule has 0 aliphatic carbocycles. The van der Waals surface area contributed by atoms with Gasteiger partial charge >= 0.3 is 0 Å². The summed E-state index contributed by atoms with van der Waals surface area (Å²) in [6.45, 7) is 18.1. The average Bonchev–Trinajstić information content (AvgIpc) is 3.99. The van der Waals surface area contributed by atoms with Gasteiger partial charge < -0.3 is 8.83 Å². The van der Waals surface area contributed by atoms with Crippen LogP contribution < -0.4 is 10.4 Å². The van der Waals surface area contributed by atoms with Crippen LogP contribution in [0.2, 0.25) is 39.3 Å². The standard InChI is InChI=1S/C58H57N3O2Si2/c1-33(2)46-27-41(39-20-18-38(19-21-39)40-25-42(64(7,8)9)29-43(26-40)65(10,11)12)28-47(34(3)4)56(46)61-55-36(6)14-13-15-50(55)60-58(61)45-22-16-35(5)54-49-31-52-48(30-53(49)63-57(45)54)44-23-17-37(32-59)24-51(44)62-52/h13-31,33-34H,1-12H3/i5D3,6D3. The lowest BCUT2D eigenvalue weighted by Gasteiger charge is -2.25. The molecular weight excluding hydrogens is 827 g/mol. The Labute approximate surface area is 392 Å². The van der Waals surface area contributed by atoms with Gasteiger partial charge in [-0.2, -0.15) is 5.26 Å². The van der Waals surface area contributed by atoms with Crippen LogP contribution in [0.15, 0.2) is 124 Å². The van der Waals surface area contributed by atoms with E-state index < -0.39 is 29.9 Å². The van der Waals surface area contributed by atoms with E-state index in [2.05, 4.69) is 128 Å². The lowest BCUT2D eigenvalue weighted by Crippen LogP contribution is -2.45. The van der Waals surface area contributed by atoms with E-state index in [1.807, 2.05) is 28.8 Å². The molecule has 0 bridgehead atoms. The molecule has 3 aromatic heterocycles. The third-order valence-corrected chi connectivity index (χ3v) is 17.2. The molecule has 10 aromatic rings. The second-order valence-electron chi connectivity index (χ2n) is 20.4. The molecule has 0 N–H and O–H groups in total. The summed E-state index contributed by atoms with van der Waals surface area (Å²) in [5.41, 5.74) is 11.4. The van der Waals surface area contributed by atoms with Crippen LogP contribution in [-0.4, -0.2) is 25.7 Å². The second-order valence-corrected chi connectivity index (χ2v) is 30.5. The zero-order valence-corrected chi connectivity index (χ0v) is 40.8. The van der Waals surface area contributed by atoms with Gasteiger partial charge in [0.1, 0.15) is 28.2 Å². The summed E-state index contributed by atoms with van der Waals surface area (Å²) >= 11 is 0. The smallest absolute Gasteiger partial charge is 0.149 e. The van der Waals surface area contributed by atoms with Gasteiger partial charge in [-0.15, -0.1) is 0 Å². The van der Waals surface area contributed by atoms with E-state index in [0.717, 1.165) is 38.7 Å². The number of hydrogen-bond donors (Lipinski definition) is 0. The van der Waals surface area contributed by atoms with Crippen LogP contribution in [0.1, 0.15) is 75.6 Å². The number of nitriles is 1. The minimum atomic E-state index is -2.52. The number of hydrogen-bond acceptors (Lipinski definition) is 4. The van der Waals surface area contributed by atoms with E-state index in [9.17, 15) is 5.26 Å². The molecule has 0 spiro atoms. The van der Waals surface area contributed by atoms with Gasteiger partial charge in [-0.05, 0) is 125 Å². The molecule has 0 fully saturated rings. The van der Waals surface area contributed by atoms with E-state index in [-0.39, 0.29) is 23.0 Å². The molecule has 7 heteroatoms. The highest BCUT2D eigenvalue weighted by Crippen LogP contribution is 2.45. The van der Waals surface area contributed by atoms with Crippen LogP contribution in [0.25, 0.3) is 94.2 Å². The number of fused-ring (bicyclic) bond motifs is 7. The molecule has 3 heterocycles. The maximum atomic E-state index is 9.57. The van der Waals surface area contributed by atoms with Crippen molar-refractivity contribution in [3.05, 3.63) is 143 Å². The summed E-state index contributed by atoms with van der Waals surface area (Å²) in [7, 11) is -3.19. The van der Waals surface area contributed by atoms with Crippen molar-refractivity contribution in [3.63, 3.8) is 0 Å². The van der Waals surface area contributed by atoms with Crippen LogP contribution in [0.4, 0.5) is 0 Å². The Morgan fingerprint density at radius 1 is 0.600 bits per heavy atom. The Balaban J connectivity index is 1.22. The highest BCUT2D eigenvalue weighted by Gasteiger charge is 2.28. The van der Waals surface area contributed by atoms with Crippen LogP contribution in [0.3, 0.4) is 0 Å². The number of rotatable bonds is 8. The fourth-order valence-corrected chi connectivity index (χ4v) is 11.9. The van der Waals surface area contributed by atoms with Crippen LogP contribution >= 0.6 is 0 Å². The fourth-order valence-electron chi connectivity index (χ4n) is 9.42. The van der Waals surface area contributed by atoms with Crippen LogP contribution in [0, 0.1) is 25.0 Å². The SMILES string of the molecule is [2H]C([2H])([2H])c1ccc(-c2nc3cccc(C([2H])([2H])[2H])c3n2-c2c(C(C)C)cc(-c3ccc(-c4cc([Si](C)(C)C)cc([Si](C)(C)C)c4)cc3)cc2C(C)C)c2oc3cc4c(cc3c12)oc1cc(C#N)ccc14.